The van der Waals surface area contributed by atoms with Gasteiger partial charge in [0, 0.05) is 13.0 Å². The quantitative estimate of drug-likeness (QED) is 0.696. The molecular formula is C14H21NO5. The number of nitrogens with zero attached hydrogens (tertiary/aromatic N) is 1. The Bertz CT molecular complexity index is 453. The summed E-state index contributed by atoms with van der Waals surface area (Å²) in [6, 6.07) is -0.190. The highest BCUT2D eigenvalue weighted by atomic mass is 16.8. The van der Waals surface area contributed by atoms with Crippen molar-refractivity contribution in [3.63, 3.8) is 0 Å². The first-order chi connectivity index (χ1) is 9.46. The van der Waals surface area contributed by atoms with Gasteiger partial charge in [0.25, 0.3) is 0 Å². The topological polar surface area (TPSA) is 57.2 Å². The van der Waals surface area contributed by atoms with Crippen molar-refractivity contribution in [2.24, 2.45) is 0 Å². The van der Waals surface area contributed by atoms with Gasteiger partial charge in [-0.05, 0) is 20.3 Å². The molecule has 0 N–H and O–H groups in total. The van der Waals surface area contributed by atoms with E-state index in [2.05, 4.69) is 6.92 Å². The van der Waals surface area contributed by atoms with E-state index < -0.39 is 17.7 Å². The van der Waals surface area contributed by atoms with Gasteiger partial charge in [0.2, 0.25) is 5.91 Å². The highest BCUT2D eigenvalue weighted by molar-refractivity contribution is 5.82. The van der Waals surface area contributed by atoms with Gasteiger partial charge in [0.1, 0.15) is 23.9 Å². The Hall–Kier alpha value is -0.690. The summed E-state index contributed by atoms with van der Waals surface area (Å²) >= 11 is 0. The Balaban J connectivity index is 1.70. The molecule has 4 rings (SSSR count). The highest BCUT2D eigenvalue weighted by Crippen LogP contribution is 2.49. The van der Waals surface area contributed by atoms with Crippen LogP contribution in [-0.2, 0) is 23.7 Å². The fraction of sp³-hybridized carbons (Fsp3) is 0.929. The molecule has 2 bridgehead atoms. The Labute approximate surface area is 118 Å². The van der Waals surface area contributed by atoms with E-state index in [-0.39, 0.29) is 24.2 Å². The van der Waals surface area contributed by atoms with Crippen LogP contribution in [0.3, 0.4) is 0 Å². The Kier molecular flexibility index (Phi) is 2.56. The summed E-state index contributed by atoms with van der Waals surface area (Å²) < 4.78 is 24.2. The number of hydrogen-bond donors (Lipinski definition) is 0. The molecule has 0 aromatic rings. The Morgan fingerprint density at radius 2 is 2.10 bits per heavy atom. The second kappa shape index (κ2) is 3.94. The van der Waals surface area contributed by atoms with Gasteiger partial charge >= 0.3 is 0 Å². The summed E-state index contributed by atoms with van der Waals surface area (Å²) in [6.45, 7) is 7.16. The first-order valence-corrected chi connectivity index (χ1v) is 7.40. The van der Waals surface area contributed by atoms with Crippen LogP contribution in [0.4, 0.5) is 0 Å². The zero-order valence-electron chi connectivity index (χ0n) is 12.1. The third-order valence-electron chi connectivity index (χ3n) is 4.95. The third kappa shape index (κ3) is 1.56. The zero-order chi connectivity index (χ0) is 14.1. The summed E-state index contributed by atoms with van der Waals surface area (Å²) in [6.07, 6.45) is 0.669. The first kappa shape index (κ1) is 13.0. The minimum Gasteiger partial charge on any atom is -0.347 e. The van der Waals surface area contributed by atoms with Crippen molar-refractivity contribution in [3.05, 3.63) is 0 Å². The number of likely N-dealkylation sites (tertiary alicyclic amines) is 1. The molecule has 4 fully saturated rings. The fourth-order valence-corrected chi connectivity index (χ4v) is 3.80. The van der Waals surface area contributed by atoms with Crippen molar-refractivity contribution in [1.82, 2.24) is 4.90 Å². The van der Waals surface area contributed by atoms with E-state index in [1.165, 1.54) is 0 Å². The molecule has 0 radical (unpaired) electrons. The van der Waals surface area contributed by atoms with Crippen molar-refractivity contribution < 1.29 is 23.7 Å². The Morgan fingerprint density at radius 1 is 1.30 bits per heavy atom. The van der Waals surface area contributed by atoms with Crippen molar-refractivity contribution in [2.45, 2.75) is 69.5 Å². The van der Waals surface area contributed by atoms with Crippen molar-refractivity contribution in [2.75, 3.05) is 13.2 Å². The predicted octanol–water partition coefficient (Wildman–Crippen LogP) is 0.643. The number of β-lactam (4-membered cyclic amide) rings is 1. The van der Waals surface area contributed by atoms with Crippen LogP contribution < -0.4 is 0 Å². The number of hydrogen-bond acceptors (Lipinski definition) is 5. The molecule has 6 heteroatoms. The SMILES string of the molecule is CC[C@@]12COC(O1)[C@H](N1CCC1=O)C1OC(C)(C)O[C@H]12. The summed E-state index contributed by atoms with van der Waals surface area (Å²) in [5.41, 5.74) is -0.437. The molecule has 4 saturated heterocycles. The third-order valence-corrected chi connectivity index (χ3v) is 4.95. The van der Waals surface area contributed by atoms with Gasteiger partial charge < -0.3 is 23.8 Å². The molecule has 20 heavy (non-hydrogen) atoms. The zero-order valence-corrected chi connectivity index (χ0v) is 12.1. The molecule has 5 atom stereocenters. The van der Waals surface area contributed by atoms with Gasteiger partial charge in [0.15, 0.2) is 12.1 Å². The highest BCUT2D eigenvalue weighted by Gasteiger charge is 2.66. The van der Waals surface area contributed by atoms with Crippen molar-refractivity contribution in [3.8, 4) is 0 Å². The second-order valence-corrected chi connectivity index (χ2v) is 6.56. The van der Waals surface area contributed by atoms with Crippen molar-refractivity contribution in [1.29, 1.82) is 0 Å². The average molecular weight is 283 g/mol. The molecule has 112 valence electrons. The molecule has 0 aromatic carbocycles. The lowest BCUT2D eigenvalue weighted by molar-refractivity contribution is -0.222. The van der Waals surface area contributed by atoms with E-state index in [9.17, 15) is 4.79 Å². The van der Waals surface area contributed by atoms with Crippen LogP contribution >= 0.6 is 0 Å². The van der Waals surface area contributed by atoms with Gasteiger partial charge in [-0.15, -0.1) is 0 Å². The van der Waals surface area contributed by atoms with Gasteiger partial charge in [-0.1, -0.05) is 6.92 Å². The molecule has 4 heterocycles. The molecule has 1 amide bonds. The number of amides is 1. The standard InChI is InChI=1S/C14H21NO5/c1-4-14-7-17-12(20-14)9(15-6-5-8(15)16)10-11(14)19-13(2,3)18-10/h9-12H,4-7H2,1-3H3/t9-,10?,11-,12?,14+/m1/s1. The molecule has 0 saturated carbocycles. The average Bonchev–Trinajstić information content (AvgIpc) is 2.93. The van der Waals surface area contributed by atoms with Crippen LogP contribution in [0, 0.1) is 0 Å². The largest absolute Gasteiger partial charge is 0.347 e. The Morgan fingerprint density at radius 3 is 2.70 bits per heavy atom. The summed E-state index contributed by atoms with van der Waals surface area (Å²) in [4.78, 5) is 13.6. The van der Waals surface area contributed by atoms with E-state index in [1.54, 1.807) is 0 Å². The molecule has 4 aliphatic rings. The molecule has 0 spiro atoms. The van der Waals surface area contributed by atoms with Crippen LogP contribution in [0.2, 0.25) is 0 Å². The molecule has 2 unspecified atom stereocenters. The summed E-state index contributed by atoms with van der Waals surface area (Å²) in [7, 11) is 0. The summed E-state index contributed by atoms with van der Waals surface area (Å²) in [5, 5.41) is 0. The molecule has 0 aromatic heterocycles. The number of carbonyl (C=O) groups is 1. The van der Waals surface area contributed by atoms with Crippen LogP contribution in [0.15, 0.2) is 0 Å². The monoisotopic (exact) mass is 283 g/mol. The predicted molar refractivity (Wildman–Crippen MR) is 67.8 cm³/mol. The van der Waals surface area contributed by atoms with Crippen LogP contribution in [-0.4, -0.2) is 59.9 Å². The molecular weight excluding hydrogens is 262 g/mol. The lowest BCUT2D eigenvalue weighted by Crippen LogP contribution is -2.67. The first-order valence-electron chi connectivity index (χ1n) is 7.40. The lowest BCUT2D eigenvalue weighted by Gasteiger charge is -2.48. The maximum absolute atomic E-state index is 11.8. The molecule has 4 aliphatic heterocycles. The van der Waals surface area contributed by atoms with Gasteiger partial charge in [-0.2, -0.15) is 0 Å². The van der Waals surface area contributed by atoms with E-state index in [0.29, 0.717) is 13.0 Å². The van der Waals surface area contributed by atoms with Gasteiger partial charge in [-0.25, -0.2) is 0 Å². The van der Waals surface area contributed by atoms with E-state index in [4.69, 9.17) is 18.9 Å². The maximum Gasteiger partial charge on any atom is 0.224 e. The van der Waals surface area contributed by atoms with Crippen LogP contribution in [0.1, 0.15) is 33.6 Å². The summed E-state index contributed by atoms with van der Waals surface area (Å²) in [5.74, 6) is -0.498. The van der Waals surface area contributed by atoms with E-state index >= 15 is 0 Å². The number of fused-ring (bicyclic) bond motifs is 4. The smallest absolute Gasteiger partial charge is 0.224 e. The van der Waals surface area contributed by atoms with Crippen LogP contribution in [0.25, 0.3) is 0 Å². The molecule has 0 aliphatic carbocycles. The van der Waals surface area contributed by atoms with Crippen molar-refractivity contribution >= 4 is 5.91 Å². The lowest BCUT2D eigenvalue weighted by atomic mass is 9.84. The number of carbonyl (C=O) groups excluding carboxylic acids is 1. The maximum atomic E-state index is 11.8. The van der Waals surface area contributed by atoms with Crippen LogP contribution in [0.5, 0.6) is 0 Å². The normalized spacial score (nSPS) is 49.1. The number of rotatable bonds is 2. The van der Waals surface area contributed by atoms with Gasteiger partial charge in [-0.3, -0.25) is 4.79 Å². The van der Waals surface area contributed by atoms with E-state index in [0.717, 1.165) is 13.0 Å². The number of ether oxygens (including phenoxy) is 4. The molecule has 6 nitrogen and oxygen atoms in total. The minimum atomic E-state index is -0.641. The minimum absolute atomic E-state index is 0.144. The fourth-order valence-electron chi connectivity index (χ4n) is 3.80. The second-order valence-electron chi connectivity index (χ2n) is 6.56. The van der Waals surface area contributed by atoms with E-state index in [1.807, 2.05) is 18.7 Å². The van der Waals surface area contributed by atoms with Gasteiger partial charge in [0.05, 0.1) is 6.61 Å².